The lowest BCUT2D eigenvalue weighted by Gasteiger charge is -2.26. The van der Waals surface area contributed by atoms with Gasteiger partial charge < -0.3 is 14.6 Å². The predicted octanol–water partition coefficient (Wildman–Crippen LogP) is 0.745. The molecular weight excluding hydrogens is 268 g/mol. The molecule has 1 saturated heterocycles. The van der Waals surface area contributed by atoms with E-state index < -0.39 is 0 Å². The van der Waals surface area contributed by atoms with E-state index in [1.165, 1.54) is 12.8 Å². The fourth-order valence-corrected chi connectivity index (χ4v) is 2.65. The summed E-state index contributed by atoms with van der Waals surface area (Å²) >= 11 is 0. The smallest absolute Gasteiger partial charge is 0.287 e. The first-order chi connectivity index (χ1) is 10.3. The van der Waals surface area contributed by atoms with Gasteiger partial charge in [-0.25, -0.2) is 4.98 Å². The van der Waals surface area contributed by atoms with E-state index in [2.05, 4.69) is 15.2 Å². The standard InChI is InChI=1S/C15H24N4O2/c20-15(14-16-5-7-19(14)12-13-2-3-13)17-4-1-6-18-8-10-21-11-9-18/h5,7,13H,1-4,6,8-12H2,(H,17,20). The molecule has 2 fully saturated rings. The summed E-state index contributed by atoms with van der Waals surface area (Å²) in [7, 11) is 0. The number of imidazole rings is 1. The number of carbonyl (C=O) groups is 1. The van der Waals surface area contributed by atoms with E-state index >= 15 is 0 Å². The Hall–Kier alpha value is -1.40. The number of carbonyl (C=O) groups excluding carboxylic acids is 1. The second-order valence-corrected chi connectivity index (χ2v) is 5.91. The predicted molar refractivity (Wildman–Crippen MR) is 79.2 cm³/mol. The average molecular weight is 292 g/mol. The van der Waals surface area contributed by atoms with Gasteiger partial charge in [0.1, 0.15) is 0 Å². The molecule has 1 saturated carbocycles. The van der Waals surface area contributed by atoms with E-state index in [0.717, 1.165) is 51.7 Å². The van der Waals surface area contributed by atoms with Crippen molar-refractivity contribution in [3.05, 3.63) is 18.2 Å². The highest BCUT2D eigenvalue weighted by molar-refractivity contribution is 5.90. The minimum Gasteiger partial charge on any atom is -0.379 e. The van der Waals surface area contributed by atoms with Crippen molar-refractivity contribution in [2.45, 2.75) is 25.8 Å². The molecule has 1 aromatic heterocycles. The highest BCUT2D eigenvalue weighted by Gasteiger charge is 2.24. The number of morpholine rings is 1. The zero-order valence-electron chi connectivity index (χ0n) is 12.5. The Kier molecular flexibility index (Phi) is 4.87. The number of nitrogens with one attached hydrogen (secondary N) is 1. The van der Waals surface area contributed by atoms with Crippen LogP contribution in [0.5, 0.6) is 0 Å². The summed E-state index contributed by atoms with van der Waals surface area (Å²) in [5, 5.41) is 2.98. The Morgan fingerprint density at radius 3 is 2.95 bits per heavy atom. The van der Waals surface area contributed by atoms with E-state index in [9.17, 15) is 4.79 Å². The molecule has 1 aliphatic heterocycles. The van der Waals surface area contributed by atoms with Crippen molar-refractivity contribution >= 4 is 5.91 Å². The minimum atomic E-state index is -0.0531. The summed E-state index contributed by atoms with van der Waals surface area (Å²) in [6.45, 7) is 6.29. The topological polar surface area (TPSA) is 59.4 Å². The van der Waals surface area contributed by atoms with Crippen molar-refractivity contribution < 1.29 is 9.53 Å². The lowest BCUT2D eigenvalue weighted by Crippen LogP contribution is -2.38. The third-order valence-electron chi connectivity index (χ3n) is 4.11. The Labute approximate surface area is 125 Å². The van der Waals surface area contributed by atoms with Crippen LogP contribution in [0.2, 0.25) is 0 Å². The maximum atomic E-state index is 12.2. The molecule has 1 aliphatic carbocycles. The van der Waals surface area contributed by atoms with Crippen molar-refractivity contribution in [3.63, 3.8) is 0 Å². The van der Waals surface area contributed by atoms with Crippen LogP contribution in [-0.2, 0) is 11.3 Å². The van der Waals surface area contributed by atoms with Crippen LogP contribution >= 0.6 is 0 Å². The molecule has 1 amide bonds. The maximum Gasteiger partial charge on any atom is 0.287 e. The van der Waals surface area contributed by atoms with Gasteiger partial charge in [0.15, 0.2) is 5.82 Å². The number of ether oxygens (including phenoxy) is 1. The van der Waals surface area contributed by atoms with Gasteiger partial charge in [0, 0.05) is 38.6 Å². The SMILES string of the molecule is O=C(NCCCN1CCOCC1)c1nccn1CC1CC1. The van der Waals surface area contributed by atoms with E-state index in [0.29, 0.717) is 12.4 Å². The molecule has 2 aliphatic rings. The van der Waals surface area contributed by atoms with Crippen LogP contribution < -0.4 is 5.32 Å². The van der Waals surface area contributed by atoms with Crippen molar-refractivity contribution in [2.75, 3.05) is 39.4 Å². The number of aromatic nitrogens is 2. The van der Waals surface area contributed by atoms with Crippen LogP contribution in [0, 0.1) is 5.92 Å². The van der Waals surface area contributed by atoms with Crippen molar-refractivity contribution in [3.8, 4) is 0 Å². The van der Waals surface area contributed by atoms with Crippen molar-refractivity contribution in [1.82, 2.24) is 19.8 Å². The first-order valence-electron chi connectivity index (χ1n) is 7.92. The minimum absolute atomic E-state index is 0.0531. The van der Waals surface area contributed by atoms with E-state index in [1.54, 1.807) is 6.20 Å². The van der Waals surface area contributed by atoms with Crippen LogP contribution in [0.1, 0.15) is 29.9 Å². The van der Waals surface area contributed by atoms with E-state index in [-0.39, 0.29) is 5.91 Å². The summed E-state index contributed by atoms with van der Waals surface area (Å²) in [4.78, 5) is 18.7. The second kappa shape index (κ2) is 7.04. The summed E-state index contributed by atoms with van der Waals surface area (Å²) in [5.41, 5.74) is 0. The molecule has 0 spiro atoms. The monoisotopic (exact) mass is 292 g/mol. The Balaban J connectivity index is 1.38. The number of hydrogen-bond acceptors (Lipinski definition) is 4. The number of hydrogen-bond donors (Lipinski definition) is 1. The number of amides is 1. The highest BCUT2D eigenvalue weighted by Crippen LogP contribution is 2.30. The quantitative estimate of drug-likeness (QED) is 0.753. The van der Waals surface area contributed by atoms with Crippen molar-refractivity contribution in [2.24, 2.45) is 5.92 Å². The normalized spacial score (nSPS) is 19.6. The van der Waals surface area contributed by atoms with Gasteiger partial charge in [-0.05, 0) is 31.7 Å². The molecule has 0 unspecified atom stereocenters. The molecule has 0 radical (unpaired) electrons. The molecular formula is C15H24N4O2. The lowest BCUT2D eigenvalue weighted by molar-refractivity contribution is 0.0374. The Morgan fingerprint density at radius 1 is 1.38 bits per heavy atom. The van der Waals surface area contributed by atoms with Crippen LogP contribution in [0.25, 0.3) is 0 Å². The van der Waals surface area contributed by atoms with Crippen LogP contribution in [0.4, 0.5) is 0 Å². The van der Waals surface area contributed by atoms with Gasteiger partial charge in [0.05, 0.1) is 13.2 Å². The third-order valence-corrected chi connectivity index (χ3v) is 4.11. The summed E-state index contributed by atoms with van der Waals surface area (Å²) in [5.74, 6) is 1.24. The fraction of sp³-hybridized carbons (Fsp3) is 0.733. The zero-order valence-corrected chi connectivity index (χ0v) is 12.5. The molecule has 3 rings (SSSR count). The van der Waals surface area contributed by atoms with Gasteiger partial charge in [0.25, 0.3) is 5.91 Å². The Morgan fingerprint density at radius 2 is 2.19 bits per heavy atom. The third kappa shape index (κ3) is 4.28. The molecule has 0 atom stereocenters. The molecule has 0 bridgehead atoms. The van der Waals surface area contributed by atoms with Crippen LogP contribution in [0.15, 0.2) is 12.4 Å². The van der Waals surface area contributed by atoms with Crippen LogP contribution in [0.3, 0.4) is 0 Å². The maximum absolute atomic E-state index is 12.2. The molecule has 6 heteroatoms. The molecule has 1 aromatic rings. The fourth-order valence-electron chi connectivity index (χ4n) is 2.65. The molecule has 21 heavy (non-hydrogen) atoms. The summed E-state index contributed by atoms with van der Waals surface area (Å²) in [6, 6.07) is 0. The van der Waals surface area contributed by atoms with Gasteiger partial charge in [-0.2, -0.15) is 0 Å². The first kappa shape index (κ1) is 14.5. The molecule has 6 nitrogen and oxygen atoms in total. The van der Waals surface area contributed by atoms with Gasteiger partial charge in [0.2, 0.25) is 0 Å². The molecule has 2 heterocycles. The largest absolute Gasteiger partial charge is 0.379 e. The van der Waals surface area contributed by atoms with Gasteiger partial charge in [-0.15, -0.1) is 0 Å². The number of nitrogens with zero attached hydrogens (tertiary/aromatic N) is 3. The lowest BCUT2D eigenvalue weighted by atomic mass is 10.3. The first-order valence-corrected chi connectivity index (χ1v) is 7.92. The summed E-state index contributed by atoms with van der Waals surface area (Å²) < 4.78 is 7.30. The number of rotatable bonds is 7. The highest BCUT2D eigenvalue weighted by atomic mass is 16.5. The van der Waals surface area contributed by atoms with Gasteiger partial charge >= 0.3 is 0 Å². The molecule has 0 aromatic carbocycles. The second-order valence-electron chi connectivity index (χ2n) is 5.91. The molecule has 1 N–H and O–H groups in total. The van der Waals surface area contributed by atoms with E-state index in [1.807, 2.05) is 10.8 Å². The van der Waals surface area contributed by atoms with Crippen LogP contribution in [-0.4, -0.2) is 59.8 Å². The van der Waals surface area contributed by atoms with Crippen molar-refractivity contribution in [1.29, 1.82) is 0 Å². The van der Waals surface area contributed by atoms with Gasteiger partial charge in [-0.3, -0.25) is 9.69 Å². The zero-order chi connectivity index (χ0) is 14.5. The Bertz CT molecular complexity index is 464. The summed E-state index contributed by atoms with van der Waals surface area (Å²) in [6.07, 6.45) is 7.14. The average Bonchev–Trinajstić information content (AvgIpc) is 3.20. The molecule has 116 valence electrons. The van der Waals surface area contributed by atoms with E-state index in [4.69, 9.17) is 4.74 Å². The van der Waals surface area contributed by atoms with Gasteiger partial charge in [-0.1, -0.05) is 0 Å².